The van der Waals surface area contributed by atoms with Crippen molar-refractivity contribution in [1.29, 1.82) is 0 Å². The van der Waals surface area contributed by atoms with Crippen LogP contribution in [0.4, 0.5) is 0 Å². The van der Waals surface area contributed by atoms with E-state index in [9.17, 15) is 14.4 Å². The Morgan fingerprint density at radius 1 is 1.04 bits per heavy atom. The van der Waals surface area contributed by atoms with Gasteiger partial charge < -0.3 is 14.7 Å². The topological polar surface area (TPSA) is 60.9 Å². The van der Waals surface area contributed by atoms with Gasteiger partial charge in [0.25, 0.3) is 0 Å². The first kappa shape index (κ1) is 18.4. The molecule has 2 aliphatic rings. The maximum Gasteiger partial charge on any atom is 0.228 e. The second-order valence-corrected chi connectivity index (χ2v) is 7.16. The zero-order valence-corrected chi connectivity index (χ0v) is 15.4. The quantitative estimate of drug-likeness (QED) is 0.794. The number of benzene rings is 1. The molecule has 0 radical (unpaired) electrons. The number of amides is 3. The summed E-state index contributed by atoms with van der Waals surface area (Å²) in [5.74, 6) is -0.0354. The zero-order chi connectivity index (χ0) is 18.5. The standard InChI is InChI=1S/C20H27N3O3/c1-16(24)21-10-12-22(13-11-21)20(26)18-14-19(25)23(15-18)9-5-8-17-6-3-2-4-7-17/h2-4,6-7,18H,5,8-15H2,1H3. The summed E-state index contributed by atoms with van der Waals surface area (Å²) < 4.78 is 0. The summed E-state index contributed by atoms with van der Waals surface area (Å²) in [7, 11) is 0. The van der Waals surface area contributed by atoms with Crippen molar-refractivity contribution in [2.45, 2.75) is 26.2 Å². The van der Waals surface area contributed by atoms with E-state index in [0.717, 1.165) is 12.8 Å². The fraction of sp³-hybridized carbons (Fsp3) is 0.550. The highest BCUT2D eigenvalue weighted by molar-refractivity contribution is 5.89. The summed E-state index contributed by atoms with van der Waals surface area (Å²) in [4.78, 5) is 41.8. The Labute approximate surface area is 154 Å². The lowest BCUT2D eigenvalue weighted by Gasteiger charge is -2.35. The predicted octanol–water partition coefficient (Wildman–Crippen LogP) is 1.16. The van der Waals surface area contributed by atoms with E-state index < -0.39 is 0 Å². The number of carbonyl (C=O) groups is 3. The number of carbonyl (C=O) groups excluding carboxylic acids is 3. The van der Waals surface area contributed by atoms with Crippen LogP contribution in [-0.2, 0) is 20.8 Å². The second-order valence-electron chi connectivity index (χ2n) is 7.16. The van der Waals surface area contributed by atoms with Crippen molar-refractivity contribution in [2.75, 3.05) is 39.3 Å². The molecule has 6 nitrogen and oxygen atoms in total. The Hall–Kier alpha value is -2.37. The molecule has 1 aromatic carbocycles. The van der Waals surface area contributed by atoms with Gasteiger partial charge in [0.05, 0.1) is 5.92 Å². The lowest BCUT2D eigenvalue weighted by atomic mass is 10.1. The van der Waals surface area contributed by atoms with E-state index in [0.29, 0.717) is 45.7 Å². The molecule has 2 heterocycles. The molecule has 2 saturated heterocycles. The molecule has 0 saturated carbocycles. The maximum atomic E-state index is 12.7. The Kier molecular flexibility index (Phi) is 5.91. The van der Waals surface area contributed by atoms with Gasteiger partial charge in [0.2, 0.25) is 17.7 Å². The average Bonchev–Trinajstić information content (AvgIpc) is 3.03. The first-order valence-corrected chi connectivity index (χ1v) is 9.40. The highest BCUT2D eigenvalue weighted by atomic mass is 16.2. The van der Waals surface area contributed by atoms with Gasteiger partial charge in [-0.2, -0.15) is 0 Å². The number of rotatable bonds is 5. The first-order chi connectivity index (χ1) is 12.5. The summed E-state index contributed by atoms with van der Waals surface area (Å²) in [6.45, 7) is 5.09. The Morgan fingerprint density at radius 2 is 1.69 bits per heavy atom. The Balaban J connectivity index is 1.45. The van der Waals surface area contributed by atoms with Gasteiger partial charge in [-0.3, -0.25) is 14.4 Å². The molecule has 2 aliphatic heterocycles. The molecule has 1 aromatic rings. The van der Waals surface area contributed by atoms with Crippen LogP contribution in [0.2, 0.25) is 0 Å². The maximum absolute atomic E-state index is 12.7. The van der Waals surface area contributed by atoms with Crippen LogP contribution in [0.25, 0.3) is 0 Å². The molecule has 0 spiro atoms. The number of hydrogen-bond donors (Lipinski definition) is 0. The molecule has 26 heavy (non-hydrogen) atoms. The zero-order valence-electron chi connectivity index (χ0n) is 15.4. The van der Waals surface area contributed by atoms with E-state index in [-0.39, 0.29) is 23.6 Å². The lowest BCUT2D eigenvalue weighted by Crippen LogP contribution is -2.51. The predicted molar refractivity (Wildman–Crippen MR) is 98.3 cm³/mol. The lowest BCUT2D eigenvalue weighted by molar-refractivity contribution is -0.141. The summed E-state index contributed by atoms with van der Waals surface area (Å²) in [6.07, 6.45) is 2.17. The van der Waals surface area contributed by atoms with Crippen molar-refractivity contribution in [2.24, 2.45) is 5.92 Å². The first-order valence-electron chi connectivity index (χ1n) is 9.40. The fourth-order valence-corrected chi connectivity index (χ4v) is 3.77. The van der Waals surface area contributed by atoms with Crippen molar-refractivity contribution in [3.05, 3.63) is 35.9 Å². The van der Waals surface area contributed by atoms with E-state index >= 15 is 0 Å². The van der Waals surface area contributed by atoms with Gasteiger partial charge in [-0.25, -0.2) is 0 Å². The highest BCUT2D eigenvalue weighted by Crippen LogP contribution is 2.21. The molecule has 1 unspecified atom stereocenters. The number of likely N-dealkylation sites (tertiary alicyclic amines) is 1. The van der Waals surface area contributed by atoms with Crippen LogP contribution in [0.3, 0.4) is 0 Å². The molecule has 1 atom stereocenters. The van der Waals surface area contributed by atoms with Gasteiger partial charge in [0.1, 0.15) is 0 Å². The molecule has 0 N–H and O–H groups in total. The van der Waals surface area contributed by atoms with Crippen LogP contribution in [0.5, 0.6) is 0 Å². The normalized spacial score (nSPS) is 20.6. The van der Waals surface area contributed by atoms with Gasteiger partial charge in [0.15, 0.2) is 0 Å². The van der Waals surface area contributed by atoms with Gasteiger partial charge in [-0.15, -0.1) is 0 Å². The molecule has 3 amide bonds. The third-order valence-electron chi connectivity index (χ3n) is 5.34. The van der Waals surface area contributed by atoms with Crippen molar-refractivity contribution in [3.63, 3.8) is 0 Å². The molecule has 2 fully saturated rings. The largest absolute Gasteiger partial charge is 0.342 e. The van der Waals surface area contributed by atoms with Gasteiger partial charge in [0, 0.05) is 52.6 Å². The number of aryl methyl sites for hydroxylation is 1. The average molecular weight is 357 g/mol. The summed E-state index contributed by atoms with van der Waals surface area (Å²) >= 11 is 0. The molecule has 6 heteroatoms. The SMILES string of the molecule is CC(=O)N1CCN(C(=O)C2CC(=O)N(CCCc3ccccc3)C2)CC1. The Morgan fingerprint density at radius 3 is 2.35 bits per heavy atom. The third kappa shape index (κ3) is 4.42. The summed E-state index contributed by atoms with van der Waals surface area (Å²) in [6, 6.07) is 10.2. The summed E-state index contributed by atoms with van der Waals surface area (Å²) in [5.41, 5.74) is 1.27. The van der Waals surface area contributed by atoms with Crippen molar-refractivity contribution >= 4 is 17.7 Å². The molecule has 0 bridgehead atoms. The van der Waals surface area contributed by atoms with Crippen LogP contribution in [0.15, 0.2) is 30.3 Å². The molecule has 3 rings (SSSR count). The number of hydrogen-bond acceptors (Lipinski definition) is 3. The van der Waals surface area contributed by atoms with E-state index in [4.69, 9.17) is 0 Å². The smallest absolute Gasteiger partial charge is 0.228 e. The number of nitrogens with zero attached hydrogens (tertiary/aromatic N) is 3. The van der Waals surface area contributed by atoms with Crippen molar-refractivity contribution in [1.82, 2.24) is 14.7 Å². The van der Waals surface area contributed by atoms with Crippen LogP contribution in [0.1, 0.15) is 25.3 Å². The van der Waals surface area contributed by atoms with Crippen LogP contribution < -0.4 is 0 Å². The minimum Gasteiger partial charge on any atom is -0.342 e. The second kappa shape index (κ2) is 8.34. The van der Waals surface area contributed by atoms with Crippen molar-refractivity contribution < 1.29 is 14.4 Å². The van der Waals surface area contributed by atoms with E-state index in [2.05, 4.69) is 12.1 Å². The van der Waals surface area contributed by atoms with Crippen molar-refractivity contribution in [3.8, 4) is 0 Å². The fourth-order valence-electron chi connectivity index (χ4n) is 3.77. The Bertz CT molecular complexity index is 654. The molecule has 140 valence electrons. The van der Waals surface area contributed by atoms with Gasteiger partial charge >= 0.3 is 0 Å². The van der Waals surface area contributed by atoms with E-state index in [1.165, 1.54) is 5.56 Å². The monoisotopic (exact) mass is 357 g/mol. The third-order valence-corrected chi connectivity index (χ3v) is 5.34. The highest BCUT2D eigenvalue weighted by Gasteiger charge is 2.37. The molecule has 0 aliphatic carbocycles. The van der Waals surface area contributed by atoms with E-state index in [1.807, 2.05) is 28.0 Å². The van der Waals surface area contributed by atoms with Gasteiger partial charge in [-0.1, -0.05) is 30.3 Å². The van der Waals surface area contributed by atoms with Crippen LogP contribution in [0, 0.1) is 5.92 Å². The minimum absolute atomic E-state index is 0.0535. The van der Waals surface area contributed by atoms with Crippen LogP contribution >= 0.6 is 0 Å². The number of piperazine rings is 1. The van der Waals surface area contributed by atoms with Crippen LogP contribution in [-0.4, -0.2) is 71.7 Å². The molecule has 0 aromatic heterocycles. The summed E-state index contributed by atoms with van der Waals surface area (Å²) in [5, 5.41) is 0. The molecular weight excluding hydrogens is 330 g/mol. The molecular formula is C20H27N3O3. The van der Waals surface area contributed by atoms with Gasteiger partial charge in [-0.05, 0) is 18.4 Å². The van der Waals surface area contributed by atoms with E-state index in [1.54, 1.807) is 11.8 Å². The minimum atomic E-state index is -0.233.